The maximum atomic E-state index is 12.6. The summed E-state index contributed by atoms with van der Waals surface area (Å²) in [7, 11) is 1.50. The molecule has 9 heteroatoms. The van der Waals surface area contributed by atoms with Gasteiger partial charge in [-0.25, -0.2) is 0 Å². The number of ether oxygens (including phenoxy) is 1. The first kappa shape index (κ1) is 18.8. The number of aliphatic hydroxyl groups excluding tert-OH is 1. The molecule has 1 heterocycles. The number of benzene rings is 1. The molecule has 0 aliphatic heterocycles. The van der Waals surface area contributed by atoms with Gasteiger partial charge in [-0.15, -0.1) is 0 Å². The molecule has 0 spiro atoms. The molecule has 1 aromatic heterocycles. The van der Waals surface area contributed by atoms with Gasteiger partial charge in [0.1, 0.15) is 5.75 Å². The van der Waals surface area contributed by atoms with Gasteiger partial charge in [-0.1, -0.05) is 12.1 Å². The van der Waals surface area contributed by atoms with Crippen molar-refractivity contribution in [1.82, 2.24) is 15.1 Å². The number of hydrogen-bond acceptors (Lipinski definition) is 4. The molecule has 1 amide bonds. The monoisotopic (exact) mass is 357 g/mol. The van der Waals surface area contributed by atoms with Gasteiger partial charge in [0.05, 0.1) is 13.7 Å². The van der Waals surface area contributed by atoms with Crippen molar-refractivity contribution >= 4 is 5.91 Å². The topological polar surface area (TPSA) is 76.4 Å². The van der Waals surface area contributed by atoms with Crippen LogP contribution in [0.1, 0.15) is 23.1 Å². The number of nitrogens with one attached hydrogen (secondary N) is 1. The van der Waals surface area contributed by atoms with Gasteiger partial charge in [0.25, 0.3) is 5.91 Å². The highest BCUT2D eigenvalue weighted by Crippen LogP contribution is 2.28. The van der Waals surface area contributed by atoms with Crippen molar-refractivity contribution in [3.8, 4) is 5.75 Å². The van der Waals surface area contributed by atoms with Crippen molar-refractivity contribution < 1.29 is 27.8 Å². The average Bonchev–Trinajstić information content (AvgIpc) is 2.95. The summed E-state index contributed by atoms with van der Waals surface area (Å²) in [5.74, 6) is -0.0583. The maximum Gasteiger partial charge on any atom is 0.435 e. The van der Waals surface area contributed by atoms with Crippen LogP contribution >= 0.6 is 0 Å². The van der Waals surface area contributed by atoms with E-state index >= 15 is 0 Å². The Bertz CT molecular complexity index is 726. The van der Waals surface area contributed by atoms with Crippen molar-refractivity contribution in [3.63, 3.8) is 0 Å². The lowest BCUT2D eigenvalue weighted by molar-refractivity contribution is -0.141. The van der Waals surface area contributed by atoms with Crippen LogP contribution in [0.25, 0.3) is 0 Å². The van der Waals surface area contributed by atoms with Crippen LogP contribution in [0.2, 0.25) is 0 Å². The van der Waals surface area contributed by atoms with Crippen molar-refractivity contribution in [1.29, 1.82) is 0 Å². The number of rotatable bonds is 6. The van der Waals surface area contributed by atoms with Gasteiger partial charge in [-0.05, 0) is 30.7 Å². The molecule has 25 heavy (non-hydrogen) atoms. The van der Waals surface area contributed by atoms with Gasteiger partial charge in [-0.3, -0.25) is 9.48 Å². The summed E-state index contributed by atoms with van der Waals surface area (Å²) in [6.45, 7) is 1.59. The zero-order valence-corrected chi connectivity index (χ0v) is 13.7. The number of aryl methyl sites for hydroxylation is 1. The molecule has 6 nitrogen and oxygen atoms in total. The second kappa shape index (κ2) is 7.56. The summed E-state index contributed by atoms with van der Waals surface area (Å²) in [5, 5.41) is 15.9. The normalized spacial score (nSPS) is 12.7. The van der Waals surface area contributed by atoms with Crippen LogP contribution in [0.5, 0.6) is 5.75 Å². The highest BCUT2D eigenvalue weighted by molar-refractivity contribution is 5.81. The van der Waals surface area contributed by atoms with E-state index in [4.69, 9.17) is 4.74 Å². The molecule has 2 rings (SSSR count). The SMILES string of the molecule is COc1ccc([C@@H](O)C(=O)NCCn2nc(C(F)(F)F)cc2C)cc1. The van der Waals surface area contributed by atoms with Crippen molar-refractivity contribution in [2.45, 2.75) is 25.7 Å². The lowest BCUT2D eigenvalue weighted by Gasteiger charge is -2.12. The fraction of sp³-hybridized carbons (Fsp3) is 0.375. The first-order chi connectivity index (χ1) is 11.7. The van der Waals surface area contributed by atoms with Crippen molar-refractivity contribution in [2.24, 2.45) is 0 Å². The summed E-state index contributed by atoms with van der Waals surface area (Å²) in [5.41, 5.74) is -0.264. The number of aromatic nitrogens is 2. The average molecular weight is 357 g/mol. The minimum absolute atomic E-state index is 0.0336. The Balaban J connectivity index is 1.90. The Hall–Kier alpha value is -2.55. The van der Waals surface area contributed by atoms with Crippen LogP contribution < -0.4 is 10.1 Å². The number of halogens is 3. The van der Waals surface area contributed by atoms with E-state index in [0.717, 1.165) is 10.7 Å². The first-order valence-corrected chi connectivity index (χ1v) is 7.43. The molecule has 2 N–H and O–H groups in total. The highest BCUT2D eigenvalue weighted by atomic mass is 19.4. The minimum atomic E-state index is -4.51. The quantitative estimate of drug-likeness (QED) is 0.830. The molecule has 0 saturated carbocycles. The third kappa shape index (κ3) is 4.72. The zero-order chi connectivity index (χ0) is 18.6. The molecule has 136 valence electrons. The second-order valence-electron chi connectivity index (χ2n) is 5.36. The number of alkyl halides is 3. The lowest BCUT2D eigenvalue weighted by atomic mass is 10.1. The third-order valence-electron chi connectivity index (χ3n) is 3.57. The van der Waals surface area contributed by atoms with Gasteiger partial charge < -0.3 is 15.2 Å². The summed E-state index contributed by atoms with van der Waals surface area (Å²) < 4.78 is 43.9. The van der Waals surface area contributed by atoms with Crippen LogP contribution in [-0.2, 0) is 17.5 Å². The van der Waals surface area contributed by atoms with E-state index in [1.54, 1.807) is 24.3 Å². The van der Waals surface area contributed by atoms with E-state index in [9.17, 15) is 23.1 Å². The summed E-state index contributed by atoms with van der Waals surface area (Å²) in [6.07, 6.45) is -5.89. The standard InChI is InChI=1S/C16H18F3N3O3/c1-10-9-13(16(17,18)19)21-22(10)8-7-20-15(24)14(23)11-3-5-12(25-2)6-4-11/h3-6,9,14,23H,7-8H2,1-2H3,(H,20,24)/t14-/m1/s1. The summed E-state index contributed by atoms with van der Waals surface area (Å²) >= 11 is 0. The first-order valence-electron chi connectivity index (χ1n) is 7.43. The Labute approximate surface area is 142 Å². The number of hydrogen-bond donors (Lipinski definition) is 2. The summed E-state index contributed by atoms with van der Waals surface area (Å²) in [6, 6.07) is 7.26. The number of carbonyl (C=O) groups is 1. The second-order valence-corrected chi connectivity index (χ2v) is 5.36. The summed E-state index contributed by atoms with van der Waals surface area (Å²) in [4.78, 5) is 11.9. The third-order valence-corrected chi connectivity index (χ3v) is 3.57. The molecular formula is C16H18F3N3O3. The number of amides is 1. The number of methoxy groups -OCH3 is 1. The molecule has 0 unspecified atom stereocenters. The smallest absolute Gasteiger partial charge is 0.435 e. The van der Waals surface area contributed by atoms with Gasteiger partial charge in [0.15, 0.2) is 11.8 Å². The van der Waals surface area contributed by atoms with Gasteiger partial charge in [0, 0.05) is 12.2 Å². The molecule has 1 aromatic carbocycles. The predicted octanol–water partition coefficient (Wildman–Crippen LogP) is 2.07. The molecule has 0 fully saturated rings. The van der Waals surface area contributed by atoms with Gasteiger partial charge in [0.2, 0.25) is 0 Å². The molecule has 0 aliphatic carbocycles. The van der Waals surface area contributed by atoms with Gasteiger partial charge >= 0.3 is 6.18 Å². The van der Waals surface area contributed by atoms with Crippen LogP contribution in [0.15, 0.2) is 30.3 Å². The molecule has 2 aromatic rings. The van der Waals surface area contributed by atoms with Crippen LogP contribution in [0.3, 0.4) is 0 Å². The predicted molar refractivity (Wildman–Crippen MR) is 82.9 cm³/mol. The zero-order valence-electron chi connectivity index (χ0n) is 13.7. The molecule has 0 aliphatic rings. The van der Waals surface area contributed by atoms with Crippen molar-refractivity contribution in [2.75, 3.05) is 13.7 Å². The molecule has 1 atom stereocenters. The molecule has 0 saturated heterocycles. The van der Waals surface area contributed by atoms with Crippen molar-refractivity contribution in [3.05, 3.63) is 47.3 Å². The van der Waals surface area contributed by atoms with E-state index in [1.165, 1.54) is 14.0 Å². The maximum absolute atomic E-state index is 12.6. The fourth-order valence-corrected chi connectivity index (χ4v) is 2.19. The Kier molecular flexibility index (Phi) is 5.68. The van der Waals surface area contributed by atoms with E-state index in [-0.39, 0.29) is 13.1 Å². The number of aliphatic hydroxyl groups is 1. The van der Waals surface area contributed by atoms with Gasteiger partial charge in [-0.2, -0.15) is 18.3 Å². The highest BCUT2D eigenvalue weighted by Gasteiger charge is 2.34. The Morgan fingerprint density at radius 1 is 1.36 bits per heavy atom. The van der Waals surface area contributed by atoms with E-state index in [0.29, 0.717) is 17.0 Å². The molecule has 0 radical (unpaired) electrons. The molecular weight excluding hydrogens is 339 g/mol. The Morgan fingerprint density at radius 2 is 2.00 bits per heavy atom. The Morgan fingerprint density at radius 3 is 2.52 bits per heavy atom. The minimum Gasteiger partial charge on any atom is -0.497 e. The fourth-order valence-electron chi connectivity index (χ4n) is 2.19. The number of carbonyl (C=O) groups excluding carboxylic acids is 1. The lowest BCUT2D eigenvalue weighted by Crippen LogP contribution is -2.32. The molecule has 0 bridgehead atoms. The van der Waals surface area contributed by atoms with E-state index in [1.807, 2.05) is 0 Å². The van der Waals surface area contributed by atoms with E-state index in [2.05, 4.69) is 10.4 Å². The van der Waals surface area contributed by atoms with Crippen LogP contribution in [0, 0.1) is 6.92 Å². The largest absolute Gasteiger partial charge is 0.497 e. The van der Waals surface area contributed by atoms with Crippen LogP contribution in [0.4, 0.5) is 13.2 Å². The van der Waals surface area contributed by atoms with Crippen LogP contribution in [-0.4, -0.2) is 34.4 Å². The number of nitrogens with zero attached hydrogens (tertiary/aromatic N) is 2. The van der Waals surface area contributed by atoms with E-state index < -0.39 is 23.9 Å².